The number of nitrogens with one attached hydrogen (secondary N) is 1. The molecule has 0 spiro atoms. The summed E-state index contributed by atoms with van der Waals surface area (Å²) in [5.74, 6) is -0.0211. The van der Waals surface area contributed by atoms with Crippen LogP contribution in [0.5, 0.6) is 0 Å². The summed E-state index contributed by atoms with van der Waals surface area (Å²) in [5, 5.41) is 0.438. The quantitative estimate of drug-likeness (QED) is 0.770. The highest BCUT2D eigenvalue weighted by Gasteiger charge is 2.28. The number of benzene rings is 2. The molecule has 5 nitrogen and oxygen atoms in total. The number of carbonyl (C=O) groups is 1. The van der Waals surface area contributed by atoms with Crippen LogP contribution in [-0.2, 0) is 21.2 Å². The summed E-state index contributed by atoms with van der Waals surface area (Å²) in [6.07, 6.45) is 1.08. The second kappa shape index (κ2) is 6.97. The summed E-state index contributed by atoms with van der Waals surface area (Å²) >= 11 is 9.25. The summed E-state index contributed by atoms with van der Waals surface area (Å²) in [6, 6.07) is 9.81. The minimum atomic E-state index is -3.83. The Balaban J connectivity index is 2.01. The van der Waals surface area contributed by atoms with Crippen molar-refractivity contribution >= 4 is 54.8 Å². The highest BCUT2D eigenvalue weighted by molar-refractivity contribution is 9.10. The van der Waals surface area contributed by atoms with Crippen LogP contribution < -0.4 is 9.62 Å². The Morgan fingerprint density at radius 2 is 2.08 bits per heavy atom. The van der Waals surface area contributed by atoms with Gasteiger partial charge in [0.2, 0.25) is 5.91 Å². The molecule has 2 aromatic carbocycles. The second-order valence-electron chi connectivity index (χ2n) is 5.68. The lowest BCUT2D eigenvalue weighted by atomic mass is 10.2. The van der Waals surface area contributed by atoms with Gasteiger partial charge in [-0.25, -0.2) is 8.42 Å². The van der Waals surface area contributed by atoms with Crippen molar-refractivity contribution in [1.29, 1.82) is 0 Å². The van der Waals surface area contributed by atoms with Crippen molar-refractivity contribution in [2.45, 2.75) is 24.7 Å². The number of halogens is 2. The molecule has 1 amide bonds. The average Bonchev–Trinajstić information content (AvgIpc) is 2.95. The monoisotopic (exact) mass is 442 g/mol. The fraction of sp³-hybridized carbons (Fsp3) is 0.235. The molecule has 0 saturated carbocycles. The molecule has 8 heteroatoms. The second-order valence-corrected chi connectivity index (χ2v) is 8.62. The molecule has 132 valence electrons. The van der Waals surface area contributed by atoms with E-state index in [-0.39, 0.29) is 10.8 Å². The van der Waals surface area contributed by atoms with Crippen LogP contribution in [-0.4, -0.2) is 20.9 Å². The SMILES string of the molecule is CCC(=O)N1CCc2cc(Br)c(S(=O)(=O)Nc3cccc(Cl)c3)cc21. The van der Waals surface area contributed by atoms with E-state index < -0.39 is 10.0 Å². The first-order valence-electron chi connectivity index (χ1n) is 7.73. The van der Waals surface area contributed by atoms with Gasteiger partial charge in [0, 0.05) is 28.1 Å². The van der Waals surface area contributed by atoms with E-state index >= 15 is 0 Å². The number of carbonyl (C=O) groups excluding carboxylic acids is 1. The third-order valence-corrected chi connectivity index (χ3v) is 6.57. The zero-order chi connectivity index (χ0) is 18.2. The van der Waals surface area contributed by atoms with E-state index in [1.165, 1.54) is 6.07 Å². The topological polar surface area (TPSA) is 66.5 Å². The third-order valence-electron chi connectivity index (χ3n) is 4.00. The maximum absolute atomic E-state index is 12.8. The van der Waals surface area contributed by atoms with Crippen molar-refractivity contribution in [2.75, 3.05) is 16.2 Å². The molecular formula is C17H16BrClN2O3S. The van der Waals surface area contributed by atoms with Crippen LogP contribution in [0, 0.1) is 0 Å². The zero-order valence-corrected chi connectivity index (χ0v) is 16.6. The molecule has 0 aromatic heterocycles. The van der Waals surface area contributed by atoms with Crippen LogP contribution in [0.15, 0.2) is 45.8 Å². The maximum Gasteiger partial charge on any atom is 0.263 e. The van der Waals surface area contributed by atoms with Gasteiger partial charge in [-0.2, -0.15) is 0 Å². The van der Waals surface area contributed by atoms with Gasteiger partial charge < -0.3 is 4.90 Å². The van der Waals surface area contributed by atoms with Crippen molar-refractivity contribution in [3.05, 3.63) is 51.5 Å². The Kier molecular flexibility index (Phi) is 5.09. The molecule has 1 N–H and O–H groups in total. The standard InChI is InChI=1S/C17H16BrClN2O3S/c1-2-17(22)21-7-6-11-8-14(18)16(10-15(11)21)25(23,24)20-13-5-3-4-12(19)9-13/h3-5,8-10,20H,2,6-7H2,1H3. The van der Waals surface area contributed by atoms with E-state index in [4.69, 9.17) is 11.6 Å². The summed E-state index contributed by atoms with van der Waals surface area (Å²) in [7, 11) is -3.83. The number of hydrogen-bond acceptors (Lipinski definition) is 3. The van der Waals surface area contributed by atoms with Gasteiger partial charge in [-0.3, -0.25) is 9.52 Å². The Morgan fingerprint density at radius 3 is 2.76 bits per heavy atom. The van der Waals surface area contributed by atoms with Crippen LogP contribution in [0.3, 0.4) is 0 Å². The molecule has 0 aliphatic carbocycles. The number of sulfonamides is 1. The van der Waals surface area contributed by atoms with Gasteiger partial charge in [0.05, 0.1) is 5.69 Å². The third kappa shape index (κ3) is 3.68. The molecule has 3 rings (SSSR count). The van der Waals surface area contributed by atoms with Crippen molar-refractivity contribution in [3.8, 4) is 0 Å². The summed E-state index contributed by atoms with van der Waals surface area (Å²) in [5.41, 5.74) is 1.98. The van der Waals surface area contributed by atoms with E-state index in [1.54, 1.807) is 42.2 Å². The molecule has 0 bridgehead atoms. The van der Waals surface area contributed by atoms with Gasteiger partial charge in [0.25, 0.3) is 10.0 Å². The summed E-state index contributed by atoms with van der Waals surface area (Å²) < 4.78 is 28.6. The van der Waals surface area contributed by atoms with Gasteiger partial charge >= 0.3 is 0 Å². The molecule has 25 heavy (non-hydrogen) atoms. The molecule has 0 atom stereocenters. The minimum Gasteiger partial charge on any atom is -0.312 e. The molecule has 0 fully saturated rings. The minimum absolute atomic E-state index is 0.0211. The van der Waals surface area contributed by atoms with Gasteiger partial charge in [-0.1, -0.05) is 24.6 Å². The Labute approximate surface area is 160 Å². The number of anilines is 2. The van der Waals surface area contributed by atoms with Gasteiger partial charge in [-0.05, 0) is 58.2 Å². The Morgan fingerprint density at radius 1 is 1.32 bits per heavy atom. The normalized spacial score (nSPS) is 13.6. The van der Waals surface area contributed by atoms with E-state index in [0.29, 0.717) is 40.3 Å². The van der Waals surface area contributed by atoms with Gasteiger partial charge in [-0.15, -0.1) is 0 Å². The lowest BCUT2D eigenvalue weighted by Crippen LogP contribution is -2.28. The fourth-order valence-electron chi connectivity index (χ4n) is 2.81. The molecule has 0 radical (unpaired) electrons. The first kappa shape index (κ1) is 18.2. The molecule has 1 aliphatic heterocycles. The van der Waals surface area contributed by atoms with Crippen LogP contribution in [0.1, 0.15) is 18.9 Å². The van der Waals surface area contributed by atoms with E-state index in [0.717, 1.165) is 5.56 Å². The average molecular weight is 444 g/mol. The highest BCUT2D eigenvalue weighted by Crippen LogP contribution is 2.36. The van der Waals surface area contributed by atoms with Crippen LogP contribution in [0.2, 0.25) is 5.02 Å². The molecule has 1 heterocycles. The van der Waals surface area contributed by atoms with E-state index in [9.17, 15) is 13.2 Å². The number of rotatable bonds is 4. The molecule has 0 saturated heterocycles. The van der Waals surface area contributed by atoms with E-state index in [1.807, 2.05) is 0 Å². The van der Waals surface area contributed by atoms with Crippen LogP contribution in [0.25, 0.3) is 0 Å². The van der Waals surface area contributed by atoms with Gasteiger partial charge in [0.15, 0.2) is 0 Å². The highest BCUT2D eigenvalue weighted by atomic mass is 79.9. The van der Waals surface area contributed by atoms with Crippen LogP contribution >= 0.6 is 27.5 Å². The summed E-state index contributed by atoms with van der Waals surface area (Å²) in [4.78, 5) is 13.8. The smallest absolute Gasteiger partial charge is 0.263 e. The Hall–Kier alpha value is -1.57. The fourth-order valence-corrected chi connectivity index (χ4v) is 5.16. The van der Waals surface area contributed by atoms with Crippen molar-refractivity contribution < 1.29 is 13.2 Å². The number of amides is 1. The first-order valence-corrected chi connectivity index (χ1v) is 10.4. The predicted octanol–water partition coefficient (Wildman–Crippen LogP) is 4.20. The van der Waals surface area contributed by atoms with Crippen LogP contribution in [0.4, 0.5) is 11.4 Å². The van der Waals surface area contributed by atoms with Crippen molar-refractivity contribution in [1.82, 2.24) is 0 Å². The number of nitrogens with zero attached hydrogens (tertiary/aromatic N) is 1. The largest absolute Gasteiger partial charge is 0.312 e. The predicted molar refractivity (Wildman–Crippen MR) is 103 cm³/mol. The zero-order valence-electron chi connectivity index (χ0n) is 13.4. The Bertz CT molecular complexity index is 947. The molecular weight excluding hydrogens is 428 g/mol. The van der Waals surface area contributed by atoms with Gasteiger partial charge in [0.1, 0.15) is 4.90 Å². The lowest BCUT2D eigenvalue weighted by Gasteiger charge is -2.18. The number of fused-ring (bicyclic) bond motifs is 1. The molecule has 1 aliphatic rings. The summed E-state index contributed by atoms with van der Waals surface area (Å²) in [6.45, 7) is 2.36. The first-order chi connectivity index (χ1) is 11.8. The van der Waals surface area contributed by atoms with Crippen molar-refractivity contribution in [3.63, 3.8) is 0 Å². The van der Waals surface area contributed by atoms with Crippen molar-refractivity contribution in [2.24, 2.45) is 0 Å². The molecule has 0 unspecified atom stereocenters. The lowest BCUT2D eigenvalue weighted by molar-refractivity contribution is -0.118. The number of hydrogen-bond donors (Lipinski definition) is 1. The maximum atomic E-state index is 12.8. The molecule has 2 aromatic rings. The van der Waals surface area contributed by atoms with E-state index in [2.05, 4.69) is 20.7 Å².